The average molecular weight is 518 g/mol. The van der Waals surface area contributed by atoms with Gasteiger partial charge in [0.1, 0.15) is 4.83 Å². The van der Waals surface area contributed by atoms with Crippen LogP contribution < -0.4 is 5.56 Å². The fraction of sp³-hybridized carbons (Fsp3) is 0.217. The van der Waals surface area contributed by atoms with E-state index in [0.717, 1.165) is 25.7 Å². The average Bonchev–Trinajstić information content (AvgIpc) is 3.10. The molecular formula is C23H20ClN3O3S3. The fourth-order valence-corrected chi connectivity index (χ4v) is 7.13. The van der Waals surface area contributed by atoms with Gasteiger partial charge in [0.15, 0.2) is 5.16 Å². The molecule has 0 aliphatic carbocycles. The quantitative estimate of drug-likeness (QED) is 0.0914. The highest BCUT2D eigenvalue weighted by molar-refractivity contribution is 8.03. The molecule has 33 heavy (non-hydrogen) atoms. The Bertz CT molecular complexity index is 1340. The number of alkyl halides is 1. The van der Waals surface area contributed by atoms with E-state index in [9.17, 15) is 14.9 Å². The SMILES string of the molecule is Cc1sc2nc(SC[C@H](Sc3ccc([N+](=O)[O-])cc3)[C@H](Cl)c3ccccc3)[nH]c(=O)c2c1C. The lowest BCUT2D eigenvalue weighted by Crippen LogP contribution is -2.15. The number of nitro benzene ring substituents is 1. The number of aryl methyl sites for hydroxylation is 2. The molecular weight excluding hydrogens is 498 g/mol. The Hall–Kier alpha value is -2.33. The van der Waals surface area contributed by atoms with E-state index in [-0.39, 0.29) is 21.9 Å². The van der Waals surface area contributed by atoms with Crippen LogP contribution in [0, 0.1) is 24.0 Å². The molecule has 0 aliphatic heterocycles. The standard InChI is InChI=1S/C23H20ClN3O3S3/c1-13-14(2)32-22-19(13)21(28)25-23(26-22)31-12-18(20(24)15-6-4-3-5-7-15)33-17-10-8-16(9-11-17)27(29)30/h3-11,18,20H,12H2,1-2H3,(H,25,26,28)/t18-,20+/m0/s1. The Labute approximate surface area is 207 Å². The maximum absolute atomic E-state index is 12.6. The smallest absolute Gasteiger partial charge is 0.269 e. The Balaban J connectivity index is 1.58. The number of halogens is 1. The number of rotatable bonds is 8. The van der Waals surface area contributed by atoms with Crippen molar-refractivity contribution in [2.75, 3.05) is 5.75 Å². The maximum atomic E-state index is 12.6. The first-order valence-electron chi connectivity index (χ1n) is 10.1. The van der Waals surface area contributed by atoms with E-state index in [2.05, 4.69) is 9.97 Å². The molecule has 2 heterocycles. The molecule has 1 N–H and O–H groups in total. The summed E-state index contributed by atoms with van der Waals surface area (Å²) < 4.78 is 0. The van der Waals surface area contributed by atoms with Gasteiger partial charge >= 0.3 is 0 Å². The number of aromatic nitrogens is 2. The van der Waals surface area contributed by atoms with Gasteiger partial charge in [-0.05, 0) is 37.1 Å². The van der Waals surface area contributed by atoms with E-state index < -0.39 is 4.92 Å². The van der Waals surface area contributed by atoms with Gasteiger partial charge in [0.25, 0.3) is 11.2 Å². The van der Waals surface area contributed by atoms with Gasteiger partial charge in [0.2, 0.25) is 0 Å². The number of H-pyrrole nitrogens is 1. The molecule has 0 saturated heterocycles. The molecule has 170 valence electrons. The van der Waals surface area contributed by atoms with Crippen LogP contribution in [-0.2, 0) is 0 Å². The van der Waals surface area contributed by atoms with Crippen LogP contribution in [0.15, 0.2) is 69.4 Å². The lowest BCUT2D eigenvalue weighted by atomic mass is 10.1. The Morgan fingerprint density at radius 1 is 1.15 bits per heavy atom. The number of nitro groups is 1. The molecule has 0 radical (unpaired) electrons. The first kappa shape index (κ1) is 23.8. The van der Waals surface area contributed by atoms with Crippen LogP contribution in [0.3, 0.4) is 0 Å². The topological polar surface area (TPSA) is 88.9 Å². The highest BCUT2D eigenvalue weighted by atomic mass is 35.5. The Morgan fingerprint density at radius 2 is 1.85 bits per heavy atom. The molecule has 0 saturated carbocycles. The summed E-state index contributed by atoms with van der Waals surface area (Å²) in [6.45, 7) is 3.93. The van der Waals surface area contributed by atoms with E-state index in [1.807, 2.05) is 44.2 Å². The third-order valence-electron chi connectivity index (χ3n) is 5.18. The first-order valence-corrected chi connectivity index (χ1v) is 13.2. The van der Waals surface area contributed by atoms with Crippen LogP contribution in [0.4, 0.5) is 5.69 Å². The van der Waals surface area contributed by atoms with Crippen molar-refractivity contribution in [1.82, 2.24) is 9.97 Å². The number of aromatic amines is 1. The molecule has 2 atom stereocenters. The van der Waals surface area contributed by atoms with Crippen molar-refractivity contribution in [3.63, 3.8) is 0 Å². The third kappa shape index (κ3) is 5.43. The van der Waals surface area contributed by atoms with E-state index in [1.54, 1.807) is 23.9 Å². The number of nitrogens with one attached hydrogen (secondary N) is 1. The number of fused-ring (bicyclic) bond motifs is 1. The molecule has 10 heteroatoms. The summed E-state index contributed by atoms with van der Waals surface area (Å²) >= 11 is 11.4. The van der Waals surface area contributed by atoms with Gasteiger partial charge in [-0.25, -0.2) is 4.98 Å². The van der Waals surface area contributed by atoms with Gasteiger partial charge in [-0.3, -0.25) is 14.9 Å². The normalized spacial score (nSPS) is 13.2. The van der Waals surface area contributed by atoms with Gasteiger partial charge in [-0.2, -0.15) is 0 Å². The predicted molar refractivity (Wildman–Crippen MR) is 138 cm³/mol. The highest BCUT2D eigenvalue weighted by Gasteiger charge is 2.24. The second-order valence-corrected chi connectivity index (χ2v) is 11.4. The molecule has 0 unspecified atom stereocenters. The van der Waals surface area contributed by atoms with Crippen molar-refractivity contribution >= 4 is 62.4 Å². The van der Waals surface area contributed by atoms with Crippen molar-refractivity contribution in [1.29, 1.82) is 0 Å². The summed E-state index contributed by atoms with van der Waals surface area (Å²) in [5.74, 6) is 0.586. The van der Waals surface area contributed by atoms with Gasteiger partial charge in [-0.1, -0.05) is 42.1 Å². The molecule has 0 bridgehead atoms. The van der Waals surface area contributed by atoms with Crippen molar-refractivity contribution in [3.05, 3.63) is 91.1 Å². The van der Waals surface area contributed by atoms with Gasteiger partial charge in [-0.15, -0.1) is 34.7 Å². The molecule has 6 nitrogen and oxygen atoms in total. The minimum absolute atomic E-state index is 0.0485. The minimum atomic E-state index is -0.414. The molecule has 4 rings (SSSR count). The molecule has 0 amide bonds. The second-order valence-electron chi connectivity index (χ2n) is 7.37. The maximum Gasteiger partial charge on any atom is 0.269 e. The van der Waals surface area contributed by atoms with Crippen LogP contribution >= 0.6 is 46.5 Å². The molecule has 0 spiro atoms. The van der Waals surface area contributed by atoms with Crippen LogP contribution in [0.2, 0.25) is 0 Å². The first-order chi connectivity index (χ1) is 15.8. The summed E-state index contributed by atoms with van der Waals surface area (Å²) in [4.78, 5) is 33.4. The van der Waals surface area contributed by atoms with Crippen LogP contribution in [-0.4, -0.2) is 25.9 Å². The summed E-state index contributed by atoms with van der Waals surface area (Å²) in [6, 6.07) is 16.2. The Kier molecular flexibility index (Phi) is 7.43. The Morgan fingerprint density at radius 3 is 2.52 bits per heavy atom. The zero-order valence-electron chi connectivity index (χ0n) is 17.8. The van der Waals surface area contributed by atoms with Crippen molar-refractivity contribution in [2.24, 2.45) is 0 Å². The summed E-state index contributed by atoms with van der Waals surface area (Å²) in [5, 5.41) is 11.8. The van der Waals surface area contributed by atoms with Crippen LogP contribution in [0.5, 0.6) is 0 Å². The largest absolute Gasteiger partial charge is 0.301 e. The molecule has 4 aromatic rings. The zero-order chi connectivity index (χ0) is 23.5. The van der Waals surface area contributed by atoms with Gasteiger partial charge in [0, 0.05) is 32.9 Å². The van der Waals surface area contributed by atoms with Gasteiger partial charge < -0.3 is 4.98 Å². The molecule has 2 aromatic heterocycles. The van der Waals surface area contributed by atoms with Crippen molar-refractivity contribution in [2.45, 2.75) is 34.5 Å². The fourth-order valence-electron chi connectivity index (χ4n) is 3.32. The van der Waals surface area contributed by atoms with E-state index in [1.165, 1.54) is 35.2 Å². The second kappa shape index (κ2) is 10.3. The number of hydrogen-bond donors (Lipinski definition) is 1. The number of benzene rings is 2. The lowest BCUT2D eigenvalue weighted by molar-refractivity contribution is -0.384. The van der Waals surface area contributed by atoms with E-state index in [4.69, 9.17) is 11.6 Å². The number of thiophene rings is 1. The van der Waals surface area contributed by atoms with E-state index >= 15 is 0 Å². The van der Waals surface area contributed by atoms with Crippen LogP contribution in [0.25, 0.3) is 10.2 Å². The van der Waals surface area contributed by atoms with Crippen LogP contribution in [0.1, 0.15) is 21.4 Å². The third-order valence-corrected chi connectivity index (χ3v) is 9.48. The lowest BCUT2D eigenvalue weighted by Gasteiger charge is -2.22. The number of thioether (sulfide) groups is 2. The highest BCUT2D eigenvalue weighted by Crippen LogP contribution is 2.39. The van der Waals surface area contributed by atoms with Crippen molar-refractivity contribution in [3.8, 4) is 0 Å². The predicted octanol–water partition coefficient (Wildman–Crippen LogP) is 6.74. The summed E-state index contributed by atoms with van der Waals surface area (Å²) in [5.41, 5.74) is 1.87. The number of hydrogen-bond acceptors (Lipinski definition) is 7. The van der Waals surface area contributed by atoms with Gasteiger partial charge in [0.05, 0.1) is 15.7 Å². The molecule has 0 aliphatic rings. The van der Waals surface area contributed by atoms with Crippen molar-refractivity contribution < 1.29 is 4.92 Å². The monoisotopic (exact) mass is 517 g/mol. The van der Waals surface area contributed by atoms with E-state index in [0.29, 0.717) is 16.3 Å². The number of non-ortho nitro benzene ring substituents is 1. The molecule has 2 aromatic carbocycles. The number of nitrogens with zero attached hydrogens (tertiary/aromatic N) is 2. The summed E-state index contributed by atoms with van der Waals surface area (Å²) in [7, 11) is 0. The summed E-state index contributed by atoms with van der Waals surface area (Å²) in [6.07, 6.45) is 0. The molecule has 0 fully saturated rings. The minimum Gasteiger partial charge on any atom is -0.301 e. The zero-order valence-corrected chi connectivity index (χ0v) is 21.0.